The van der Waals surface area contributed by atoms with Crippen molar-refractivity contribution >= 4 is 40.4 Å². The second-order valence-corrected chi connectivity index (χ2v) is 4.60. The van der Waals surface area contributed by atoms with Gasteiger partial charge in [0.25, 0.3) is 0 Å². The predicted octanol–water partition coefficient (Wildman–Crippen LogP) is 3.13. The molecule has 80 valence electrons. The zero-order valence-electron chi connectivity index (χ0n) is 8.46. The summed E-state index contributed by atoms with van der Waals surface area (Å²) in [5.41, 5.74) is 7.27. The van der Waals surface area contributed by atoms with E-state index in [1.165, 1.54) is 0 Å². The third-order valence-electron chi connectivity index (χ3n) is 2.04. The van der Waals surface area contributed by atoms with Gasteiger partial charge >= 0.3 is 0 Å². The van der Waals surface area contributed by atoms with Crippen molar-refractivity contribution in [2.24, 2.45) is 10.7 Å². The normalized spacial score (nSPS) is 10.8. The second-order valence-electron chi connectivity index (χ2n) is 3.18. The highest BCUT2D eigenvalue weighted by Crippen LogP contribution is 2.14. The van der Waals surface area contributed by atoms with Crippen molar-refractivity contribution in [3.8, 4) is 0 Å². The summed E-state index contributed by atoms with van der Waals surface area (Å²) in [5, 5.41) is 2.03. The summed E-state index contributed by atoms with van der Waals surface area (Å²) < 4.78 is 0. The number of hydrogen-bond acceptors (Lipinski definition) is 3. The smallest absolute Gasteiger partial charge is 0.103 e. The maximum Gasteiger partial charge on any atom is 0.103 e. The quantitative estimate of drug-likeness (QED) is 0.667. The first-order chi connectivity index (χ1) is 7.75. The highest BCUT2D eigenvalue weighted by Gasteiger charge is 1.95. The molecule has 0 aliphatic rings. The molecule has 2 nitrogen and oxygen atoms in total. The lowest BCUT2D eigenvalue weighted by Crippen LogP contribution is -2.08. The molecule has 1 aromatic heterocycles. The molecule has 0 spiro atoms. The van der Waals surface area contributed by atoms with Gasteiger partial charge in [-0.1, -0.05) is 18.3 Å². The Bertz CT molecular complexity index is 498. The first-order valence-corrected chi connectivity index (χ1v) is 6.02. The van der Waals surface area contributed by atoms with Crippen molar-refractivity contribution < 1.29 is 0 Å². The molecule has 2 aromatic rings. The van der Waals surface area contributed by atoms with Crippen LogP contribution in [0.4, 0.5) is 5.69 Å². The first-order valence-electron chi connectivity index (χ1n) is 4.73. The van der Waals surface area contributed by atoms with E-state index in [0.29, 0.717) is 4.99 Å². The van der Waals surface area contributed by atoms with Crippen molar-refractivity contribution in [1.82, 2.24) is 0 Å². The highest BCUT2D eigenvalue weighted by molar-refractivity contribution is 7.80. The van der Waals surface area contributed by atoms with Crippen molar-refractivity contribution in [1.29, 1.82) is 0 Å². The zero-order valence-corrected chi connectivity index (χ0v) is 10.1. The largest absolute Gasteiger partial charge is 0.389 e. The van der Waals surface area contributed by atoms with Crippen molar-refractivity contribution in [2.75, 3.05) is 0 Å². The van der Waals surface area contributed by atoms with E-state index in [-0.39, 0.29) is 0 Å². The summed E-state index contributed by atoms with van der Waals surface area (Å²) in [7, 11) is 0. The summed E-state index contributed by atoms with van der Waals surface area (Å²) in [6.45, 7) is 0. The standard InChI is InChI=1S/C12H10N2S2/c13-12(15)9-3-5-10(6-4-9)14-8-11-2-1-7-16-11/h1-8H,(H2,13,15). The number of hydrogen-bond donors (Lipinski definition) is 1. The van der Waals surface area contributed by atoms with Crippen molar-refractivity contribution in [3.05, 3.63) is 52.2 Å². The van der Waals surface area contributed by atoms with Crippen LogP contribution in [0.1, 0.15) is 10.4 Å². The van der Waals surface area contributed by atoms with Crippen LogP contribution in [0, 0.1) is 0 Å². The molecule has 16 heavy (non-hydrogen) atoms. The van der Waals surface area contributed by atoms with Gasteiger partial charge in [-0.25, -0.2) is 0 Å². The van der Waals surface area contributed by atoms with Gasteiger partial charge < -0.3 is 5.73 Å². The number of aliphatic imine (C=N–C) groups is 1. The molecule has 0 aliphatic heterocycles. The van der Waals surface area contributed by atoms with Crippen LogP contribution in [0.2, 0.25) is 0 Å². The maximum absolute atomic E-state index is 5.51. The van der Waals surface area contributed by atoms with Gasteiger partial charge in [0.2, 0.25) is 0 Å². The van der Waals surface area contributed by atoms with Crippen molar-refractivity contribution in [2.45, 2.75) is 0 Å². The average molecular weight is 246 g/mol. The molecule has 0 amide bonds. The van der Waals surface area contributed by atoms with Crippen LogP contribution in [0.3, 0.4) is 0 Å². The SMILES string of the molecule is NC(=S)c1ccc(N=Cc2cccs2)cc1. The molecule has 0 aliphatic carbocycles. The monoisotopic (exact) mass is 246 g/mol. The fraction of sp³-hybridized carbons (Fsp3) is 0. The Hall–Kier alpha value is -1.52. The summed E-state index contributed by atoms with van der Waals surface area (Å²) >= 11 is 6.54. The number of rotatable bonds is 3. The number of thiocarbonyl (C=S) groups is 1. The molecule has 0 fully saturated rings. The lowest BCUT2D eigenvalue weighted by Gasteiger charge is -1.97. The number of nitrogens with zero attached hydrogens (tertiary/aromatic N) is 1. The van der Waals surface area contributed by atoms with Gasteiger partial charge in [-0.3, -0.25) is 4.99 Å². The molecule has 2 N–H and O–H groups in total. The average Bonchev–Trinajstić information content (AvgIpc) is 2.80. The molecule has 2 rings (SSSR count). The molecular formula is C12H10N2S2. The Morgan fingerprint density at radius 3 is 2.56 bits per heavy atom. The summed E-state index contributed by atoms with van der Waals surface area (Å²) in [4.78, 5) is 5.90. The predicted molar refractivity (Wildman–Crippen MR) is 73.9 cm³/mol. The van der Waals surface area contributed by atoms with E-state index in [1.807, 2.05) is 48.0 Å². The van der Waals surface area contributed by atoms with Gasteiger partial charge in [0, 0.05) is 16.7 Å². The zero-order chi connectivity index (χ0) is 11.4. The molecule has 0 unspecified atom stereocenters. The van der Waals surface area contributed by atoms with Crippen LogP contribution >= 0.6 is 23.6 Å². The van der Waals surface area contributed by atoms with Crippen LogP contribution in [0.25, 0.3) is 0 Å². The second kappa shape index (κ2) is 5.01. The van der Waals surface area contributed by atoms with Crippen LogP contribution in [0.5, 0.6) is 0 Å². The van der Waals surface area contributed by atoms with E-state index in [4.69, 9.17) is 18.0 Å². The molecule has 0 saturated heterocycles. The molecular weight excluding hydrogens is 236 g/mol. The third kappa shape index (κ3) is 2.74. The fourth-order valence-corrected chi connectivity index (χ4v) is 1.94. The van der Waals surface area contributed by atoms with Crippen LogP contribution in [-0.2, 0) is 0 Å². The first kappa shape index (κ1) is 11.0. The van der Waals surface area contributed by atoms with Crippen molar-refractivity contribution in [3.63, 3.8) is 0 Å². The molecule has 0 atom stereocenters. The minimum absolute atomic E-state index is 0.411. The van der Waals surface area contributed by atoms with E-state index in [9.17, 15) is 0 Å². The molecule has 0 bridgehead atoms. The number of thiophene rings is 1. The minimum atomic E-state index is 0.411. The lowest BCUT2D eigenvalue weighted by molar-refractivity contribution is 1.52. The van der Waals surface area contributed by atoms with Gasteiger partial charge in [0.1, 0.15) is 4.99 Å². The van der Waals surface area contributed by atoms with Gasteiger partial charge in [-0.2, -0.15) is 0 Å². The van der Waals surface area contributed by atoms with Gasteiger partial charge in [-0.05, 0) is 35.7 Å². The highest BCUT2D eigenvalue weighted by atomic mass is 32.1. The molecule has 1 heterocycles. The Balaban J connectivity index is 2.14. The maximum atomic E-state index is 5.51. The molecule has 0 saturated carbocycles. The Kier molecular flexibility index (Phi) is 3.44. The lowest BCUT2D eigenvalue weighted by atomic mass is 10.2. The summed E-state index contributed by atoms with van der Waals surface area (Å²) in [6, 6.07) is 11.6. The van der Waals surface area contributed by atoms with Crippen LogP contribution in [0.15, 0.2) is 46.8 Å². The number of benzene rings is 1. The topological polar surface area (TPSA) is 38.4 Å². The fourth-order valence-electron chi connectivity index (χ4n) is 1.21. The van der Waals surface area contributed by atoms with E-state index in [0.717, 1.165) is 16.1 Å². The Morgan fingerprint density at radius 1 is 1.25 bits per heavy atom. The number of nitrogens with two attached hydrogens (primary N) is 1. The summed E-state index contributed by atoms with van der Waals surface area (Å²) in [5.74, 6) is 0. The van der Waals surface area contributed by atoms with E-state index in [2.05, 4.69) is 4.99 Å². The Labute approximate surface area is 103 Å². The van der Waals surface area contributed by atoms with E-state index >= 15 is 0 Å². The third-order valence-corrected chi connectivity index (χ3v) is 3.08. The van der Waals surface area contributed by atoms with E-state index < -0.39 is 0 Å². The molecule has 0 radical (unpaired) electrons. The molecule has 4 heteroatoms. The Morgan fingerprint density at radius 2 is 2.00 bits per heavy atom. The summed E-state index contributed by atoms with van der Waals surface area (Å²) in [6.07, 6.45) is 1.85. The van der Waals surface area contributed by atoms with Crippen LogP contribution < -0.4 is 5.73 Å². The van der Waals surface area contributed by atoms with Gasteiger partial charge in [0.05, 0.1) is 5.69 Å². The van der Waals surface area contributed by atoms with E-state index in [1.54, 1.807) is 11.3 Å². The van der Waals surface area contributed by atoms with Gasteiger partial charge in [-0.15, -0.1) is 11.3 Å². The van der Waals surface area contributed by atoms with Crippen LogP contribution in [-0.4, -0.2) is 11.2 Å². The molecule has 1 aromatic carbocycles. The van der Waals surface area contributed by atoms with Gasteiger partial charge in [0.15, 0.2) is 0 Å². The minimum Gasteiger partial charge on any atom is -0.389 e.